The number of benzene rings is 1. The van der Waals surface area contributed by atoms with Gasteiger partial charge < -0.3 is 15.5 Å². The summed E-state index contributed by atoms with van der Waals surface area (Å²) in [5.74, 6) is -0.896. The van der Waals surface area contributed by atoms with Gasteiger partial charge in [-0.2, -0.15) is 5.10 Å². The van der Waals surface area contributed by atoms with Crippen LogP contribution in [-0.2, 0) is 11.3 Å². The fourth-order valence-electron chi connectivity index (χ4n) is 4.45. The van der Waals surface area contributed by atoms with Crippen LogP contribution >= 0.6 is 34.2 Å². The lowest BCUT2D eigenvalue weighted by Crippen LogP contribution is -2.67. The molecule has 170 valence electrons. The number of halogens is 2. The molecular weight excluding hydrogens is 545 g/mol. The van der Waals surface area contributed by atoms with E-state index in [-0.39, 0.29) is 30.1 Å². The molecule has 2 aromatic rings. The maximum absolute atomic E-state index is 13.4. The first-order valence-corrected chi connectivity index (χ1v) is 12.6. The molecule has 2 aliphatic rings. The van der Waals surface area contributed by atoms with Gasteiger partial charge in [-0.15, -0.1) is 0 Å². The number of amides is 3. The number of nitrogens with zero attached hydrogens (tertiary/aromatic N) is 3. The van der Waals surface area contributed by atoms with E-state index in [1.807, 2.05) is 6.92 Å². The number of hydrogen-bond acceptors (Lipinski definition) is 4. The van der Waals surface area contributed by atoms with Gasteiger partial charge in [0.1, 0.15) is 5.69 Å². The molecule has 0 spiro atoms. The lowest BCUT2D eigenvalue weighted by Gasteiger charge is -2.44. The van der Waals surface area contributed by atoms with E-state index in [0.29, 0.717) is 27.4 Å². The van der Waals surface area contributed by atoms with Crippen LogP contribution < -0.4 is 10.6 Å². The Kier molecular flexibility index (Phi) is 6.75. The Labute approximate surface area is 205 Å². The average molecular weight is 570 g/mol. The highest BCUT2D eigenvalue weighted by Gasteiger charge is 2.50. The summed E-state index contributed by atoms with van der Waals surface area (Å²) in [6, 6.07) is 8.43. The van der Waals surface area contributed by atoms with Crippen LogP contribution in [0.25, 0.3) is 0 Å². The van der Waals surface area contributed by atoms with Crippen LogP contribution in [0.3, 0.4) is 0 Å². The van der Waals surface area contributed by atoms with Crippen molar-refractivity contribution in [3.8, 4) is 0 Å². The van der Waals surface area contributed by atoms with Gasteiger partial charge in [0.15, 0.2) is 11.2 Å². The summed E-state index contributed by atoms with van der Waals surface area (Å²) in [4.78, 5) is 41.1. The summed E-state index contributed by atoms with van der Waals surface area (Å²) in [5.41, 5.74) is -0.0936. The fraction of sp³-hybridized carbons (Fsp3) is 0.455. The summed E-state index contributed by atoms with van der Waals surface area (Å²) in [6.45, 7) is 2.45. The Morgan fingerprint density at radius 2 is 2.03 bits per heavy atom. The first-order valence-electron chi connectivity index (χ1n) is 10.7. The van der Waals surface area contributed by atoms with Gasteiger partial charge in [0.25, 0.3) is 11.8 Å². The fourth-order valence-corrected chi connectivity index (χ4v) is 5.64. The van der Waals surface area contributed by atoms with Crippen molar-refractivity contribution in [1.29, 1.82) is 0 Å². The van der Waals surface area contributed by atoms with Gasteiger partial charge in [-0.05, 0) is 38.0 Å². The number of anilines is 1. The zero-order valence-corrected chi connectivity index (χ0v) is 20.6. The maximum Gasteiger partial charge on any atom is 0.276 e. The van der Waals surface area contributed by atoms with Gasteiger partial charge in [-0.25, -0.2) is 0 Å². The van der Waals surface area contributed by atoms with Crippen molar-refractivity contribution in [2.24, 2.45) is 0 Å². The van der Waals surface area contributed by atoms with Crippen LogP contribution in [0.15, 0.2) is 30.3 Å². The summed E-state index contributed by atoms with van der Waals surface area (Å²) in [5, 5.41) is 10.8. The number of aromatic nitrogens is 2. The van der Waals surface area contributed by atoms with Gasteiger partial charge in [0.2, 0.25) is 5.91 Å². The molecule has 1 aromatic carbocycles. The standard InChI is InChI=1S/C22H25ClIN5O3/c1-2-28-20(31)18-11-17(19(30)25-16-9-5-6-14(23)10-16)27-29(18)13-22(28,12-24)21(32)26-15-7-3-4-8-15/h5-6,9-11,15H,2-4,7-8,12-13H2,1H3,(H,25,30)(H,26,32). The summed E-state index contributed by atoms with van der Waals surface area (Å²) >= 11 is 8.15. The Morgan fingerprint density at radius 1 is 1.28 bits per heavy atom. The van der Waals surface area contributed by atoms with Gasteiger partial charge in [0.05, 0.1) is 6.54 Å². The quantitative estimate of drug-likeness (QED) is 0.411. The molecule has 0 bridgehead atoms. The summed E-state index contributed by atoms with van der Waals surface area (Å²) < 4.78 is 1.92. The zero-order chi connectivity index (χ0) is 22.9. The van der Waals surface area contributed by atoms with Gasteiger partial charge in [0, 0.05) is 33.8 Å². The lowest BCUT2D eigenvalue weighted by atomic mass is 9.94. The molecule has 1 aliphatic carbocycles. The molecule has 8 nitrogen and oxygen atoms in total. The van der Waals surface area contributed by atoms with Crippen LogP contribution in [0.4, 0.5) is 5.69 Å². The van der Waals surface area contributed by atoms with Crippen molar-refractivity contribution in [2.45, 2.75) is 50.7 Å². The minimum Gasteiger partial charge on any atom is -0.351 e. The zero-order valence-electron chi connectivity index (χ0n) is 17.7. The Balaban J connectivity index is 1.61. The topological polar surface area (TPSA) is 96.3 Å². The first kappa shape index (κ1) is 23.0. The van der Waals surface area contributed by atoms with Crippen LogP contribution in [-0.4, -0.2) is 55.0 Å². The second-order valence-corrected chi connectivity index (χ2v) is 9.41. The predicted octanol–water partition coefficient (Wildman–Crippen LogP) is 3.50. The van der Waals surface area contributed by atoms with Crippen molar-refractivity contribution in [3.05, 3.63) is 46.7 Å². The Hall–Kier alpha value is -2.14. The lowest BCUT2D eigenvalue weighted by molar-refractivity contribution is -0.133. The Bertz CT molecular complexity index is 1050. The molecule has 32 heavy (non-hydrogen) atoms. The molecule has 2 N–H and O–H groups in total. The van der Waals surface area contributed by atoms with E-state index < -0.39 is 11.4 Å². The smallest absolute Gasteiger partial charge is 0.276 e. The van der Waals surface area contributed by atoms with E-state index in [4.69, 9.17) is 11.6 Å². The number of hydrogen-bond donors (Lipinski definition) is 2. The molecule has 3 amide bonds. The normalized spacial score (nSPS) is 20.8. The minimum atomic E-state index is -1.05. The number of alkyl halides is 1. The van der Waals surface area contributed by atoms with Gasteiger partial charge in [-0.1, -0.05) is 53.1 Å². The largest absolute Gasteiger partial charge is 0.351 e. The molecule has 4 rings (SSSR count). The van der Waals surface area contributed by atoms with Crippen molar-refractivity contribution >= 4 is 57.6 Å². The number of fused-ring (bicyclic) bond motifs is 1. The van der Waals surface area contributed by atoms with Gasteiger partial charge >= 0.3 is 0 Å². The molecule has 1 fully saturated rings. The maximum atomic E-state index is 13.4. The van der Waals surface area contributed by atoms with Crippen LogP contribution in [0.2, 0.25) is 5.02 Å². The van der Waals surface area contributed by atoms with E-state index in [2.05, 4.69) is 38.3 Å². The van der Waals surface area contributed by atoms with Crippen LogP contribution in [0, 0.1) is 0 Å². The number of carbonyl (C=O) groups excluding carboxylic acids is 3. The summed E-state index contributed by atoms with van der Waals surface area (Å²) in [6.07, 6.45) is 4.13. The average Bonchev–Trinajstić information content (AvgIpc) is 3.43. The molecule has 0 radical (unpaired) electrons. The molecule has 1 saturated carbocycles. The molecular formula is C22H25ClIN5O3. The second kappa shape index (κ2) is 9.38. The highest BCUT2D eigenvalue weighted by atomic mass is 127. The minimum absolute atomic E-state index is 0.116. The number of carbonyl (C=O) groups is 3. The summed E-state index contributed by atoms with van der Waals surface area (Å²) in [7, 11) is 0. The molecule has 1 atom stereocenters. The molecule has 1 aromatic heterocycles. The molecule has 10 heteroatoms. The molecule has 1 aliphatic heterocycles. The molecule has 2 heterocycles. The van der Waals surface area contributed by atoms with Crippen molar-refractivity contribution < 1.29 is 14.4 Å². The number of nitrogens with one attached hydrogen (secondary N) is 2. The van der Waals surface area contributed by atoms with Crippen LogP contribution in [0.5, 0.6) is 0 Å². The molecule has 0 saturated heterocycles. The second-order valence-electron chi connectivity index (χ2n) is 8.21. The van der Waals surface area contributed by atoms with E-state index in [0.717, 1.165) is 25.7 Å². The molecule has 1 unspecified atom stereocenters. The van der Waals surface area contributed by atoms with E-state index >= 15 is 0 Å². The number of likely N-dealkylation sites (N-methyl/N-ethyl adjacent to an activating group) is 1. The highest BCUT2D eigenvalue weighted by Crippen LogP contribution is 2.31. The Morgan fingerprint density at radius 3 is 2.69 bits per heavy atom. The third-order valence-electron chi connectivity index (χ3n) is 6.14. The van der Waals surface area contributed by atoms with E-state index in [1.54, 1.807) is 29.2 Å². The van der Waals surface area contributed by atoms with Crippen molar-refractivity contribution in [1.82, 2.24) is 20.0 Å². The third kappa shape index (κ3) is 4.24. The number of rotatable bonds is 6. The SMILES string of the molecule is CCN1C(=O)c2cc(C(=O)Nc3cccc(Cl)c3)nn2CC1(CI)C(=O)NC1CCCC1. The third-order valence-corrected chi connectivity index (χ3v) is 7.63. The van der Waals surface area contributed by atoms with Crippen molar-refractivity contribution in [3.63, 3.8) is 0 Å². The van der Waals surface area contributed by atoms with Crippen LogP contribution in [0.1, 0.15) is 53.6 Å². The highest BCUT2D eigenvalue weighted by molar-refractivity contribution is 14.1. The van der Waals surface area contributed by atoms with Gasteiger partial charge in [-0.3, -0.25) is 19.1 Å². The van der Waals surface area contributed by atoms with E-state index in [1.165, 1.54) is 10.7 Å². The monoisotopic (exact) mass is 569 g/mol. The van der Waals surface area contributed by atoms with E-state index in [9.17, 15) is 14.4 Å². The first-order chi connectivity index (χ1) is 15.4. The van der Waals surface area contributed by atoms with Crippen molar-refractivity contribution in [2.75, 3.05) is 16.3 Å². The predicted molar refractivity (Wildman–Crippen MR) is 130 cm³/mol.